The van der Waals surface area contributed by atoms with Crippen LogP contribution in [0.15, 0.2) is 47.7 Å². The highest BCUT2D eigenvalue weighted by Crippen LogP contribution is 2.13. The molecule has 6 heteroatoms. The lowest BCUT2D eigenvalue weighted by atomic mass is 10.0. The van der Waals surface area contributed by atoms with E-state index in [-0.39, 0.29) is 0 Å². The molecule has 27 heavy (non-hydrogen) atoms. The molecule has 2 aromatic rings. The number of aromatic nitrogens is 2. The molecular weight excluding hydrogens is 336 g/mol. The van der Waals surface area contributed by atoms with Crippen molar-refractivity contribution >= 4 is 5.96 Å². The van der Waals surface area contributed by atoms with Crippen molar-refractivity contribution in [1.82, 2.24) is 25.3 Å². The molecule has 1 aliphatic heterocycles. The second-order valence-electron chi connectivity index (χ2n) is 7.37. The van der Waals surface area contributed by atoms with Crippen LogP contribution in [0.25, 0.3) is 5.69 Å². The maximum atomic E-state index is 4.77. The van der Waals surface area contributed by atoms with Crippen molar-refractivity contribution in [3.8, 4) is 5.69 Å². The summed E-state index contributed by atoms with van der Waals surface area (Å²) in [6, 6.07) is 11.3. The maximum Gasteiger partial charge on any atom is 0.191 e. The van der Waals surface area contributed by atoms with Crippen LogP contribution in [0.4, 0.5) is 0 Å². The molecule has 1 aromatic heterocycles. The van der Waals surface area contributed by atoms with Gasteiger partial charge < -0.3 is 15.5 Å². The monoisotopic (exact) mass is 368 g/mol. The fourth-order valence-electron chi connectivity index (χ4n) is 3.41. The predicted molar refractivity (Wildman–Crippen MR) is 111 cm³/mol. The number of benzene rings is 1. The lowest BCUT2D eigenvalue weighted by molar-refractivity contribution is 0.167. The Morgan fingerprint density at radius 2 is 1.96 bits per heavy atom. The highest BCUT2D eigenvalue weighted by Gasteiger charge is 2.21. The molecule has 1 fully saturated rings. The van der Waals surface area contributed by atoms with Gasteiger partial charge >= 0.3 is 0 Å². The molecule has 0 amide bonds. The number of hydrogen-bond donors (Lipinski definition) is 2. The third kappa shape index (κ3) is 5.57. The van der Waals surface area contributed by atoms with Gasteiger partial charge in [0.1, 0.15) is 0 Å². The van der Waals surface area contributed by atoms with Gasteiger partial charge in [0.2, 0.25) is 0 Å². The molecule has 0 bridgehead atoms. The zero-order chi connectivity index (χ0) is 19.1. The molecule has 2 N–H and O–H groups in total. The summed E-state index contributed by atoms with van der Waals surface area (Å²) in [4.78, 5) is 7.31. The van der Waals surface area contributed by atoms with Crippen LogP contribution in [-0.2, 0) is 6.54 Å². The fourth-order valence-corrected chi connectivity index (χ4v) is 3.41. The molecule has 1 saturated heterocycles. The summed E-state index contributed by atoms with van der Waals surface area (Å²) in [5, 5.41) is 11.4. The molecule has 0 saturated carbocycles. The lowest BCUT2D eigenvalue weighted by Gasteiger charge is -2.35. The van der Waals surface area contributed by atoms with E-state index < -0.39 is 0 Å². The number of aliphatic imine (C=N–C) groups is 1. The Balaban J connectivity index is 1.57. The number of likely N-dealkylation sites (tertiary alicyclic amines) is 1. The molecule has 1 aliphatic rings. The van der Waals surface area contributed by atoms with E-state index >= 15 is 0 Å². The minimum Gasteiger partial charge on any atom is -0.357 e. The Kier molecular flexibility index (Phi) is 6.87. The number of nitrogens with zero attached hydrogens (tertiary/aromatic N) is 4. The highest BCUT2D eigenvalue weighted by molar-refractivity contribution is 5.80. The minimum atomic E-state index is 0.491. The molecule has 3 rings (SSSR count). The third-order valence-electron chi connectivity index (χ3n) is 5.02. The highest BCUT2D eigenvalue weighted by atomic mass is 15.3. The molecule has 0 atom stereocenters. The average molecular weight is 369 g/mol. The van der Waals surface area contributed by atoms with Crippen molar-refractivity contribution in [2.75, 3.05) is 19.6 Å². The summed E-state index contributed by atoms with van der Waals surface area (Å²) in [5.41, 5.74) is 2.17. The van der Waals surface area contributed by atoms with Crippen LogP contribution in [-0.4, -0.2) is 52.4 Å². The van der Waals surface area contributed by atoms with Crippen molar-refractivity contribution in [1.29, 1.82) is 0 Å². The predicted octanol–water partition coefficient (Wildman–Crippen LogP) is 2.80. The van der Waals surface area contributed by atoms with Crippen molar-refractivity contribution < 1.29 is 0 Å². The molecule has 0 unspecified atom stereocenters. The van der Waals surface area contributed by atoms with Crippen LogP contribution >= 0.6 is 0 Å². The Morgan fingerprint density at radius 3 is 2.63 bits per heavy atom. The lowest BCUT2D eigenvalue weighted by Crippen LogP contribution is -2.49. The summed E-state index contributed by atoms with van der Waals surface area (Å²) in [6.07, 6.45) is 6.26. The SMILES string of the molecule is CCNC(=NCc1cnn(-c2ccccc2)c1)NC1CCN(C(C)C)CC1. The van der Waals surface area contributed by atoms with E-state index in [1.165, 1.54) is 0 Å². The van der Waals surface area contributed by atoms with Crippen LogP contribution in [0.2, 0.25) is 0 Å². The van der Waals surface area contributed by atoms with Crippen molar-refractivity contribution in [3.05, 3.63) is 48.3 Å². The summed E-state index contributed by atoms with van der Waals surface area (Å²) < 4.78 is 1.90. The van der Waals surface area contributed by atoms with E-state index in [4.69, 9.17) is 4.99 Å². The molecule has 2 heterocycles. The quantitative estimate of drug-likeness (QED) is 0.608. The van der Waals surface area contributed by atoms with E-state index in [0.717, 1.165) is 49.7 Å². The van der Waals surface area contributed by atoms with Gasteiger partial charge in [-0.2, -0.15) is 5.10 Å². The minimum absolute atomic E-state index is 0.491. The zero-order valence-electron chi connectivity index (χ0n) is 16.7. The van der Waals surface area contributed by atoms with Gasteiger partial charge in [0.25, 0.3) is 0 Å². The van der Waals surface area contributed by atoms with Gasteiger partial charge in [0.15, 0.2) is 5.96 Å². The first kappa shape index (κ1) is 19.4. The molecule has 0 spiro atoms. The van der Waals surface area contributed by atoms with Gasteiger partial charge in [-0.1, -0.05) is 18.2 Å². The smallest absolute Gasteiger partial charge is 0.191 e. The van der Waals surface area contributed by atoms with Crippen molar-refractivity contribution in [2.45, 2.75) is 52.2 Å². The van der Waals surface area contributed by atoms with Crippen LogP contribution in [0.1, 0.15) is 39.2 Å². The fraction of sp³-hybridized carbons (Fsp3) is 0.524. The van der Waals surface area contributed by atoms with Gasteiger partial charge in [-0.25, -0.2) is 9.67 Å². The Morgan fingerprint density at radius 1 is 1.22 bits per heavy atom. The number of piperidine rings is 1. The van der Waals surface area contributed by atoms with Crippen LogP contribution in [0, 0.1) is 0 Å². The average Bonchev–Trinajstić information content (AvgIpc) is 3.16. The number of hydrogen-bond acceptors (Lipinski definition) is 3. The second kappa shape index (κ2) is 9.55. The summed E-state index contributed by atoms with van der Waals surface area (Å²) in [5.74, 6) is 0.896. The maximum absolute atomic E-state index is 4.77. The first-order valence-electron chi connectivity index (χ1n) is 10.0. The van der Waals surface area contributed by atoms with Crippen LogP contribution < -0.4 is 10.6 Å². The van der Waals surface area contributed by atoms with Crippen LogP contribution in [0.3, 0.4) is 0 Å². The molecule has 1 aromatic carbocycles. The topological polar surface area (TPSA) is 57.5 Å². The van der Waals surface area contributed by atoms with Gasteiger partial charge in [-0.15, -0.1) is 0 Å². The number of guanidine groups is 1. The molecule has 0 aliphatic carbocycles. The first-order chi connectivity index (χ1) is 13.2. The summed E-state index contributed by atoms with van der Waals surface area (Å²) >= 11 is 0. The van der Waals surface area contributed by atoms with Gasteiger partial charge in [-0.3, -0.25) is 0 Å². The Hall–Kier alpha value is -2.34. The Labute approximate surface area is 162 Å². The third-order valence-corrected chi connectivity index (χ3v) is 5.02. The zero-order valence-corrected chi connectivity index (χ0v) is 16.7. The van der Waals surface area contributed by atoms with Crippen molar-refractivity contribution in [2.24, 2.45) is 4.99 Å². The number of nitrogens with one attached hydrogen (secondary N) is 2. The van der Waals surface area contributed by atoms with Gasteiger partial charge in [0.05, 0.1) is 18.4 Å². The molecule has 146 valence electrons. The Bertz CT molecular complexity index is 713. The van der Waals surface area contributed by atoms with Gasteiger partial charge in [0, 0.05) is 43.5 Å². The number of para-hydroxylation sites is 1. The van der Waals surface area contributed by atoms with Gasteiger partial charge in [-0.05, 0) is 45.7 Å². The summed E-state index contributed by atoms with van der Waals surface area (Å²) in [6.45, 7) is 10.4. The van der Waals surface area contributed by atoms with E-state index in [1.54, 1.807) is 0 Å². The number of rotatable bonds is 6. The summed E-state index contributed by atoms with van der Waals surface area (Å²) in [7, 11) is 0. The van der Waals surface area contributed by atoms with E-state index in [9.17, 15) is 0 Å². The van der Waals surface area contributed by atoms with Crippen LogP contribution in [0.5, 0.6) is 0 Å². The van der Waals surface area contributed by atoms with Crippen molar-refractivity contribution in [3.63, 3.8) is 0 Å². The first-order valence-corrected chi connectivity index (χ1v) is 10.0. The standard InChI is InChI=1S/C21H32N6/c1-4-22-21(25-19-10-12-26(13-11-19)17(2)3)23-14-18-15-24-27(16-18)20-8-6-5-7-9-20/h5-9,15-17,19H,4,10-14H2,1-3H3,(H2,22,23,25). The van der Waals surface area contributed by atoms with E-state index in [1.807, 2.05) is 35.3 Å². The normalized spacial score (nSPS) is 16.7. The van der Waals surface area contributed by atoms with E-state index in [2.05, 4.69) is 53.5 Å². The molecule has 0 radical (unpaired) electrons. The second-order valence-corrected chi connectivity index (χ2v) is 7.37. The van der Waals surface area contributed by atoms with E-state index in [0.29, 0.717) is 18.6 Å². The molecule has 6 nitrogen and oxygen atoms in total. The largest absolute Gasteiger partial charge is 0.357 e. The molecular formula is C21H32N6.